The zero-order valence-electron chi connectivity index (χ0n) is 11.0. The molecule has 5 heteroatoms. The summed E-state index contributed by atoms with van der Waals surface area (Å²) in [5, 5.41) is 1.06. The van der Waals surface area contributed by atoms with Crippen LogP contribution in [0.1, 0.15) is 25.3 Å². The van der Waals surface area contributed by atoms with Gasteiger partial charge < -0.3 is 9.64 Å². The second-order valence-electron chi connectivity index (χ2n) is 4.67. The highest BCUT2D eigenvalue weighted by atomic mass is 79.9. The van der Waals surface area contributed by atoms with Crippen molar-refractivity contribution in [2.24, 2.45) is 5.92 Å². The number of anilines is 1. The lowest BCUT2D eigenvalue weighted by Crippen LogP contribution is -2.37. The van der Waals surface area contributed by atoms with E-state index < -0.39 is 0 Å². The number of nitrogens with zero attached hydrogens (tertiary/aromatic N) is 3. The minimum absolute atomic E-state index is 0.640. The van der Waals surface area contributed by atoms with Crippen LogP contribution in [0.5, 0.6) is 5.88 Å². The molecule has 1 aromatic rings. The Labute approximate surface area is 117 Å². The third-order valence-corrected chi connectivity index (χ3v) is 4.24. The van der Waals surface area contributed by atoms with Gasteiger partial charge in [-0.15, -0.1) is 0 Å². The Morgan fingerprint density at radius 2 is 2.33 bits per heavy atom. The van der Waals surface area contributed by atoms with Crippen molar-refractivity contribution in [2.45, 2.75) is 26.7 Å². The molecule has 2 rings (SSSR count). The summed E-state index contributed by atoms with van der Waals surface area (Å²) in [7, 11) is 0. The van der Waals surface area contributed by atoms with Crippen LogP contribution in [0.3, 0.4) is 0 Å². The molecule has 100 valence electrons. The Hall–Kier alpha value is -0.840. The third kappa shape index (κ3) is 2.94. The number of hydrogen-bond acceptors (Lipinski definition) is 4. The van der Waals surface area contributed by atoms with Crippen molar-refractivity contribution in [2.75, 3.05) is 29.9 Å². The van der Waals surface area contributed by atoms with E-state index in [1.807, 2.05) is 13.8 Å². The molecule has 0 bridgehead atoms. The predicted octanol–water partition coefficient (Wildman–Crippen LogP) is 2.80. The van der Waals surface area contributed by atoms with Crippen molar-refractivity contribution in [1.29, 1.82) is 0 Å². The van der Waals surface area contributed by atoms with E-state index in [1.54, 1.807) is 6.33 Å². The van der Waals surface area contributed by atoms with Crippen molar-refractivity contribution in [3.8, 4) is 5.88 Å². The third-order valence-electron chi connectivity index (χ3n) is 3.33. The fourth-order valence-corrected chi connectivity index (χ4v) is 2.94. The first-order chi connectivity index (χ1) is 8.76. The van der Waals surface area contributed by atoms with Gasteiger partial charge in [0.15, 0.2) is 0 Å². The Kier molecular flexibility index (Phi) is 4.80. The SMILES string of the molecule is CCOc1ncnc(N2CCCC(CBr)C2)c1C. The second kappa shape index (κ2) is 6.36. The van der Waals surface area contributed by atoms with E-state index in [4.69, 9.17) is 4.74 Å². The van der Waals surface area contributed by atoms with Crippen molar-refractivity contribution in [3.05, 3.63) is 11.9 Å². The van der Waals surface area contributed by atoms with Gasteiger partial charge in [0.2, 0.25) is 5.88 Å². The number of rotatable bonds is 4. The Morgan fingerprint density at radius 1 is 1.50 bits per heavy atom. The maximum Gasteiger partial charge on any atom is 0.221 e. The van der Waals surface area contributed by atoms with E-state index in [1.165, 1.54) is 12.8 Å². The zero-order valence-corrected chi connectivity index (χ0v) is 12.6. The molecule has 1 aliphatic heterocycles. The number of aromatic nitrogens is 2. The first kappa shape index (κ1) is 13.6. The van der Waals surface area contributed by atoms with Crippen LogP contribution in [-0.4, -0.2) is 35.0 Å². The maximum atomic E-state index is 5.53. The van der Waals surface area contributed by atoms with Gasteiger partial charge in [0.1, 0.15) is 12.1 Å². The summed E-state index contributed by atoms with van der Waals surface area (Å²) in [5.74, 6) is 2.45. The molecular formula is C13H20BrN3O. The van der Waals surface area contributed by atoms with E-state index in [-0.39, 0.29) is 0 Å². The Balaban J connectivity index is 2.19. The number of halogens is 1. The monoisotopic (exact) mass is 313 g/mol. The van der Waals surface area contributed by atoms with E-state index >= 15 is 0 Å². The molecular weight excluding hydrogens is 294 g/mol. The van der Waals surface area contributed by atoms with Gasteiger partial charge in [-0.25, -0.2) is 9.97 Å². The minimum atomic E-state index is 0.640. The lowest BCUT2D eigenvalue weighted by molar-refractivity contribution is 0.323. The molecule has 0 aromatic carbocycles. The summed E-state index contributed by atoms with van der Waals surface area (Å²) >= 11 is 3.58. The summed E-state index contributed by atoms with van der Waals surface area (Å²) in [6.45, 7) is 6.80. The van der Waals surface area contributed by atoms with Gasteiger partial charge in [-0.2, -0.15) is 0 Å². The van der Waals surface area contributed by atoms with E-state index in [0.29, 0.717) is 18.4 Å². The van der Waals surface area contributed by atoms with E-state index in [2.05, 4.69) is 30.8 Å². The molecule has 4 nitrogen and oxygen atoms in total. The molecule has 0 N–H and O–H groups in total. The van der Waals surface area contributed by atoms with Gasteiger partial charge in [-0.05, 0) is 32.6 Å². The van der Waals surface area contributed by atoms with Crippen LogP contribution in [0.25, 0.3) is 0 Å². The zero-order chi connectivity index (χ0) is 13.0. The summed E-state index contributed by atoms with van der Waals surface area (Å²) in [6, 6.07) is 0. The molecule has 0 aliphatic carbocycles. The Bertz CT molecular complexity index is 400. The van der Waals surface area contributed by atoms with Gasteiger partial charge in [0.25, 0.3) is 0 Å². The molecule has 1 saturated heterocycles. The van der Waals surface area contributed by atoms with Crippen LogP contribution < -0.4 is 9.64 Å². The highest BCUT2D eigenvalue weighted by Crippen LogP contribution is 2.28. The molecule has 2 heterocycles. The highest BCUT2D eigenvalue weighted by molar-refractivity contribution is 9.09. The molecule has 0 spiro atoms. The van der Waals surface area contributed by atoms with Crippen molar-refractivity contribution in [1.82, 2.24) is 9.97 Å². The fourth-order valence-electron chi connectivity index (χ4n) is 2.41. The standard InChI is InChI=1S/C13H20BrN3O/c1-3-18-13-10(2)12(15-9-16-13)17-6-4-5-11(7-14)8-17/h9,11H,3-8H2,1-2H3. The lowest BCUT2D eigenvalue weighted by atomic mass is 10.00. The number of alkyl halides is 1. The number of piperidine rings is 1. The molecule has 1 unspecified atom stereocenters. The predicted molar refractivity (Wildman–Crippen MR) is 76.7 cm³/mol. The van der Waals surface area contributed by atoms with Gasteiger partial charge >= 0.3 is 0 Å². The summed E-state index contributed by atoms with van der Waals surface area (Å²) in [6.07, 6.45) is 4.12. The fraction of sp³-hybridized carbons (Fsp3) is 0.692. The van der Waals surface area contributed by atoms with Crippen LogP contribution in [0, 0.1) is 12.8 Å². The summed E-state index contributed by atoms with van der Waals surface area (Å²) in [5.41, 5.74) is 1.05. The molecule has 0 saturated carbocycles. The maximum absolute atomic E-state index is 5.53. The van der Waals surface area contributed by atoms with Crippen molar-refractivity contribution >= 4 is 21.7 Å². The Morgan fingerprint density at radius 3 is 3.06 bits per heavy atom. The van der Waals surface area contributed by atoms with Crippen molar-refractivity contribution in [3.63, 3.8) is 0 Å². The summed E-state index contributed by atoms with van der Waals surface area (Å²) < 4.78 is 5.53. The molecule has 0 amide bonds. The average Bonchev–Trinajstić information content (AvgIpc) is 2.41. The molecule has 1 aromatic heterocycles. The second-order valence-corrected chi connectivity index (χ2v) is 5.32. The molecule has 18 heavy (non-hydrogen) atoms. The molecule has 0 radical (unpaired) electrons. The largest absolute Gasteiger partial charge is 0.478 e. The average molecular weight is 314 g/mol. The minimum Gasteiger partial charge on any atom is -0.478 e. The normalized spacial score (nSPS) is 19.9. The van der Waals surface area contributed by atoms with Crippen LogP contribution in [0.15, 0.2) is 6.33 Å². The van der Waals surface area contributed by atoms with Gasteiger partial charge in [-0.1, -0.05) is 15.9 Å². The van der Waals surface area contributed by atoms with Crippen molar-refractivity contribution < 1.29 is 4.74 Å². The van der Waals surface area contributed by atoms with Gasteiger partial charge in [0, 0.05) is 18.4 Å². The molecule has 1 fully saturated rings. The van der Waals surface area contributed by atoms with E-state index in [9.17, 15) is 0 Å². The first-order valence-corrected chi connectivity index (χ1v) is 7.63. The lowest BCUT2D eigenvalue weighted by Gasteiger charge is -2.33. The van der Waals surface area contributed by atoms with Crippen LogP contribution >= 0.6 is 15.9 Å². The van der Waals surface area contributed by atoms with Crippen LogP contribution in [-0.2, 0) is 0 Å². The number of ether oxygens (including phenoxy) is 1. The molecule has 1 atom stereocenters. The molecule has 1 aliphatic rings. The quantitative estimate of drug-likeness (QED) is 0.801. The topological polar surface area (TPSA) is 38.3 Å². The van der Waals surface area contributed by atoms with Gasteiger partial charge in [-0.3, -0.25) is 0 Å². The smallest absolute Gasteiger partial charge is 0.221 e. The van der Waals surface area contributed by atoms with Crippen LogP contribution in [0.4, 0.5) is 5.82 Å². The van der Waals surface area contributed by atoms with E-state index in [0.717, 1.165) is 29.8 Å². The number of hydrogen-bond donors (Lipinski definition) is 0. The van der Waals surface area contributed by atoms with Gasteiger partial charge in [0.05, 0.1) is 12.2 Å². The van der Waals surface area contributed by atoms with Crippen LogP contribution in [0.2, 0.25) is 0 Å². The highest BCUT2D eigenvalue weighted by Gasteiger charge is 2.22. The first-order valence-electron chi connectivity index (χ1n) is 6.51. The summed E-state index contributed by atoms with van der Waals surface area (Å²) in [4.78, 5) is 11.0.